The zero-order valence-electron chi connectivity index (χ0n) is 12.5. The Bertz CT molecular complexity index is 340. The number of alkyl halides is 1. The molecule has 0 saturated carbocycles. The average Bonchev–Trinajstić information content (AvgIpc) is 2.53. The molecule has 0 aliphatic carbocycles. The van der Waals surface area contributed by atoms with Gasteiger partial charge in [0.15, 0.2) is 6.10 Å². The molecule has 0 spiro atoms. The lowest BCUT2D eigenvalue weighted by molar-refractivity contribution is -0.150. The normalized spacial score (nSPS) is 34.8. The number of halogens is 1. The number of hydrogen-bond acceptors (Lipinski definition) is 3. The third-order valence-corrected chi connectivity index (χ3v) is 4.03. The maximum absolute atomic E-state index is 11.3. The molecule has 0 unspecified atom stereocenters. The second kappa shape index (κ2) is 6.27. The third kappa shape index (κ3) is 3.51. The van der Waals surface area contributed by atoms with Gasteiger partial charge in [-0.2, -0.15) is 0 Å². The first-order valence-corrected chi connectivity index (χ1v) is 7.25. The lowest BCUT2D eigenvalue weighted by Gasteiger charge is -2.31. The summed E-state index contributed by atoms with van der Waals surface area (Å²) in [5.41, 5.74) is 0. The van der Waals surface area contributed by atoms with Gasteiger partial charge in [-0.15, -0.1) is 18.2 Å². The number of carbonyl (C=O) groups excluding carboxylic acids is 1. The van der Waals surface area contributed by atoms with Crippen LogP contribution in [0.15, 0.2) is 12.7 Å². The van der Waals surface area contributed by atoms with E-state index in [2.05, 4.69) is 20.4 Å². The van der Waals surface area contributed by atoms with E-state index in [0.717, 1.165) is 6.42 Å². The van der Waals surface area contributed by atoms with Gasteiger partial charge in [-0.25, -0.2) is 0 Å². The molecule has 1 rings (SSSR count). The van der Waals surface area contributed by atoms with Crippen molar-refractivity contribution in [1.29, 1.82) is 0 Å². The van der Waals surface area contributed by atoms with Crippen molar-refractivity contribution in [2.75, 3.05) is 0 Å². The smallest absolute Gasteiger partial charge is 0.303 e. The Labute approximate surface area is 121 Å². The fraction of sp³-hybridized carbons (Fsp3) is 0.800. The molecule has 3 nitrogen and oxygen atoms in total. The zero-order chi connectivity index (χ0) is 14.8. The summed E-state index contributed by atoms with van der Waals surface area (Å²) in [6, 6.07) is 0. The van der Waals surface area contributed by atoms with Crippen LogP contribution in [0, 0.1) is 11.8 Å². The van der Waals surface area contributed by atoms with Crippen LogP contribution in [0.1, 0.15) is 41.0 Å². The average molecular weight is 289 g/mol. The van der Waals surface area contributed by atoms with E-state index in [0.29, 0.717) is 5.92 Å². The standard InChI is InChI=1S/C15H25ClO3/c1-7-15(16)13(10(4)5)19-12(8-9(2)3)14(15)18-11(6)17/h7,9-10,12-14H,1,8H2,2-6H3/t12-,13+,14-,15+/m1/s1. The van der Waals surface area contributed by atoms with Crippen LogP contribution in [0.4, 0.5) is 0 Å². The molecule has 0 aromatic carbocycles. The minimum absolute atomic E-state index is 0.174. The summed E-state index contributed by atoms with van der Waals surface area (Å²) in [6.45, 7) is 13.5. The first kappa shape index (κ1) is 16.5. The molecule has 1 aliphatic rings. The molecule has 0 amide bonds. The van der Waals surface area contributed by atoms with Crippen molar-refractivity contribution in [3.8, 4) is 0 Å². The number of carbonyl (C=O) groups is 1. The predicted molar refractivity (Wildman–Crippen MR) is 77.3 cm³/mol. The molecule has 1 fully saturated rings. The molecule has 4 atom stereocenters. The topological polar surface area (TPSA) is 35.5 Å². The van der Waals surface area contributed by atoms with Gasteiger partial charge in [0.2, 0.25) is 0 Å². The van der Waals surface area contributed by atoms with Gasteiger partial charge >= 0.3 is 5.97 Å². The summed E-state index contributed by atoms with van der Waals surface area (Å²) < 4.78 is 11.5. The van der Waals surface area contributed by atoms with Gasteiger partial charge in [0.05, 0.1) is 12.2 Å². The van der Waals surface area contributed by atoms with E-state index >= 15 is 0 Å². The van der Waals surface area contributed by atoms with Crippen molar-refractivity contribution in [1.82, 2.24) is 0 Å². The molecular weight excluding hydrogens is 264 g/mol. The number of rotatable bonds is 5. The zero-order valence-corrected chi connectivity index (χ0v) is 13.2. The van der Waals surface area contributed by atoms with Crippen LogP contribution in [0.25, 0.3) is 0 Å². The van der Waals surface area contributed by atoms with E-state index in [1.807, 2.05) is 13.8 Å². The molecular formula is C15H25ClO3. The first-order valence-electron chi connectivity index (χ1n) is 6.87. The highest BCUT2D eigenvalue weighted by Crippen LogP contribution is 2.44. The largest absolute Gasteiger partial charge is 0.457 e. The molecule has 0 bridgehead atoms. The number of ether oxygens (including phenoxy) is 2. The molecule has 0 aromatic heterocycles. The van der Waals surface area contributed by atoms with Gasteiger partial charge in [-0.1, -0.05) is 33.8 Å². The Hall–Kier alpha value is -0.540. The molecule has 0 radical (unpaired) electrons. The van der Waals surface area contributed by atoms with Crippen LogP contribution in [0.2, 0.25) is 0 Å². The Morgan fingerprint density at radius 2 is 2.05 bits per heavy atom. The highest BCUT2D eigenvalue weighted by atomic mass is 35.5. The SMILES string of the molecule is C=C[C@@]1(Cl)[C@H](OC(C)=O)[C@@H](CC(C)C)O[C@H]1C(C)C. The van der Waals surface area contributed by atoms with Gasteiger partial charge in [0.25, 0.3) is 0 Å². The lowest BCUT2D eigenvalue weighted by atomic mass is 9.87. The number of hydrogen-bond donors (Lipinski definition) is 0. The molecule has 0 N–H and O–H groups in total. The third-order valence-electron chi connectivity index (χ3n) is 3.45. The Morgan fingerprint density at radius 3 is 2.42 bits per heavy atom. The van der Waals surface area contributed by atoms with Crippen molar-refractivity contribution in [2.24, 2.45) is 11.8 Å². The maximum Gasteiger partial charge on any atom is 0.303 e. The fourth-order valence-corrected chi connectivity index (χ4v) is 3.19. The second-order valence-electron chi connectivity index (χ2n) is 6.03. The summed E-state index contributed by atoms with van der Waals surface area (Å²) in [6.07, 6.45) is 1.63. The van der Waals surface area contributed by atoms with Crippen molar-refractivity contribution in [3.63, 3.8) is 0 Å². The van der Waals surface area contributed by atoms with Crippen LogP contribution in [0.3, 0.4) is 0 Å². The van der Waals surface area contributed by atoms with Crippen molar-refractivity contribution < 1.29 is 14.3 Å². The highest BCUT2D eigenvalue weighted by Gasteiger charge is 2.56. The monoisotopic (exact) mass is 288 g/mol. The van der Waals surface area contributed by atoms with E-state index in [1.165, 1.54) is 6.92 Å². The molecule has 4 heteroatoms. The van der Waals surface area contributed by atoms with Gasteiger partial charge in [-0.05, 0) is 18.3 Å². The Kier molecular flexibility index (Phi) is 5.45. The van der Waals surface area contributed by atoms with E-state index < -0.39 is 11.0 Å². The van der Waals surface area contributed by atoms with E-state index in [9.17, 15) is 4.79 Å². The summed E-state index contributed by atoms with van der Waals surface area (Å²) >= 11 is 6.68. The molecule has 0 aromatic rings. The van der Waals surface area contributed by atoms with Crippen LogP contribution in [-0.2, 0) is 14.3 Å². The van der Waals surface area contributed by atoms with Crippen LogP contribution >= 0.6 is 11.6 Å². The predicted octanol–water partition coefficient (Wildman–Crippen LogP) is 3.55. The van der Waals surface area contributed by atoms with Crippen molar-refractivity contribution in [3.05, 3.63) is 12.7 Å². The van der Waals surface area contributed by atoms with Crippen molar-refractivity contribution in [2.45, 2.75) is 64.2 Å². The quantitative estimate of drug-likeness (QED) is 0.441. The molecule has 1 aliphatic heterocycles. The van der Waals surface area contributed by atoms with E-state index in [-0.39, 0.29) is 24.1 Å². The fourth-order valence-electron chi connectivity index (χ4n) is 2.70. The lowest BCUT2D eigenvalue weighted by Crippen LogP contribution is -2.45. The minimum atomic E-state index is -0.848. The molecule has 110 valence electrons. The molecule has 19 heavy (non-hydrogen) atoms. The van der Waals surface area contributed by atoms with E-state index in [4.69, 9.17) is 21.1 Å². The summed E-state index contributed by atoms with van der Waals surface area (Å²) in [5.74, 6) is 0.337. The molecule has 1 heterocycles. The Morgan fingerprint density at radius 1 is 1.47 bits per heavy atom. The van der Waals surface area contributed by atoms with Crippen LogP contribution < -0.4 is 0 Å². The Balaban J connectivity index is 3.06. The maximum atomic E-state index is 11.3. The highest BCUT2D eigenvalue weighted by molar-refractivity contribution is 6.26. The van der Waals surface area contributed by atoms with Crippen LogP contribution in [0.5, 0.6) is 0 Å². The van der Waals surface area contributed by atoms with Gasteiger partial charge in [-0.3, -0.25) is 4.79 Å². The van der Waals surface area contributed by atoms with Gasteiger partial charge < -0.3 is 9.47 Å². The van der Waals surface area contributed by atoms with Crippen molar-refractivity contribution >= 4 is 17.6 Å². The van der Waals surface area contributed by atoms with Gasteiger partial charge in [0, 0.05) is 6.92 Å². The summed E-state index contributed by atoms with van der Waals surface area (Å²) in [7, 11) is 0. The number of esters is 1. The minimum Gasteiger partial charge on any atom is -0.457 e. The first-order chi connectivity index (χ1) is 8.72. The van der Waals surface area contributed by atoms with Gasteiger partial charge in [0.1, 0.15) is 4.87 Å². The summed E-state index contributed by atoms with van der Waals surface area (Å²) in [5, 5.41) is 0. The van der Waals surface area contributed by atoms with E-state index in [1.54, 1.807) is 6.08 Å². The molecule has 1 saturated heterocycles. The van der Waals surface area contributed by atoms with Crippen LogP contribution in [-0.4, -0.2) is 29.2 Å². The summed E-state index contributed by atoms with van der Waals surface area (Å²) in [4.78, 5) is 10.5. The second-order valence-corrected chi connectivity index (χ2v) is 6.68.